The Morgan fingerprint density at radius 3 is 2.75 bits per heavy atom. The van der Waals surface area contributed by atoms with Gasteiger partial charge in [-0.1, -0.05) is 13.8 Å². The van der Waals surface area contributed by atoms with Gasteiger partial charge < -0.3 is 15.8 Å². The summed E-state index contributed by atoms with van der Waals surface area (Å²) in [5, 5.41) is 4.49. The Labute approximate surface area is 105 Å². The van der Waals surface area contributed by atoms with Crippen LogP contribution in [0, 0.1) is 5.92 Å². The highest BCUT2D eigenvalue weighted by atomic mass is 32.2. The molecule has 0 radical (unpaired) electrons. The highest BCUT2D eigenvalue weighted by molar-refractivity contribution is 7.99. The molecule has 3 N–H and O–H groups in total. The van der Waals surface area contributed by atoms with Gasteiger partial charge in [-0.2, -0.15) is 4.37 Å². The predicted molar refractivity (Wildman–Crippen MR) is 72.4 cm³/mol. The van der Waals surface area contributed by atoms with E-state index in [0.717, 1.165) is 9.90 Å². The molecule has 6 heteroatoms. The minimum Gasteiger partial charge on any atom is -0.383 e. The number of methoxy groups -OCH3 is 1. The zero-order valence-corrected chi connectivity index (χ0v) is 11.7. The summed E-state index contributed by atoms with van der Waals surface area (Å²) in [6, 6.07) is 0.288. The van der Waals surface area contributed by atoms with Crippen LogP contribution in [0.2, 0.25) is 0 Å². The van der Waals surface area contributed by atoms with Gasteiger partial charge in [-0.3, -0.25) is 0 Å². The summed E-state index contributed by atoms with van der Waals surface area (Å²) in [5.74, 6) is 1.11. The van der Waals surface area contributed by atoms with E-state index < -0.39 is 0 Å². The lowest BCUT2D eigenvalue weighted by Gasteiger charge is -2.21. The van der Waals surface area contributed by atoms with Crippen LogP contribution in [0.15, 0.2) is 4.90 Å². The molecule has 0 bridgehead atoms. The van der Waals surface area contributed by atoms with Gasteiger partial charge in [0.15, 0.2) is 5.82 Å². The van der Waals surface area contributed by atoms with E-state index in [1.807, 2.05) is 6.26 Å². The fourth-order valence-electron chi connectivity index (χ4n) is 1.33. The third-order valence-corrected chi connectivity index (χ3v) is 4.09. The lowest BCUT2D eigenvalue weighted by Crippen LogP contribution is -2.30. The molecule has 0 aliphatic heterocycles. The van der Waals surface area contributed by atoms with Gasteiger partial charge in [-0.05, 0) is 23.7 Å². The summed E-state index contributed by atoms with van der Waals surface area (Å²) in [6.45, 7) is 5.02. The molecule has 0 aromatic carbocycles. The SMILES string of the molecule is COCC(Nc1snc(N)c1SC)C(C)C. The second-order valence-corrected chi connectivity index (χ2v) is 5.47. The molecule has 0 amide bonds. The van der Waals surface area contributed by atoms with Crippen molar-refractivity contribution in [3.05, 3.63) is 0 Å². The molecule has 0 saturated carbocycles. The number of thioether (sulfide) groups is 1. The molecule has 4 nitrogen and oxygen atoms in total. The Morgan fingerprint density at radius 1 is 1.56 bits per heavy atom. The molecular weight excluding hydrogens is 242 g/mol. The molecule has 1 rings (SSSR count). The van der Waals surface area contributed by atoms with Crippen molar-refractivity contribution in [1.29, 1.82) is 0 Å². The third-order valence-electron chi connectivity index (χ3n) is 2.35. The fraction of sp³-hybridized carbons (Fsp3) is 0.700. The van der Waals surface area contributed by atoms with Crippen LogP contribution >= 0.6 is 23.3 Å². The maximum atomic E-state index is 5.78. The molecule has 0 saturated heterocycles. The van der Waals surface area contributed by atoms with Gasteiger partial charge in [-0.15, -0.1) is 11.8 Å². The average Bonchev–Trinajstić information content (AvgIpc) is 2.58. The monoisotopic (exact) mass is 261 g/mol. The van der Waals surface area contributed by atoms with Crippen molar-refractivity contribution in [2.24, 2.45) is 5.92 Å². The molecule has 16 heavy (non-hydrogen) atoms. The van der Waals surface area contributed by atoms with Crippen LogP contribution in [-0.4, -0.2) is 30.4 Å². The number of aromatic nitrogens is 1. The van der Waals surface area contributed by atoms with E-state index >= 15 is 0 Å². The highest BCUT2D eigenvalue weighted by Crippen LogP contribution is 2.35. The van der Waals surface area contributed by atoms with Crippen molar-refractivity contribution in [1.82, 2.24) is 4.37 Å². The summed E-state index contributed by atoms with van der Waals surface area (Å²) < 4.78 is 9.36. The number of hydrogen-bond donors (Lipinski definition) is 2. The van der Waals surface area contributed by atoms with E-state index in [1.54, 1.807) is 18.9 Å². The lowest BCUT2D eigenvalue weighted by molar-refractivity contribution is 0.171. The Bertz CT molecular complexity index is 328. The molecule has 1 heterocycles. The summed E-state index contributed by atoms with van der Waals surface area (Å²) in [7, 11) is 1.72. The molecule has 1 unspecified atom stereocenters. The van der Waals surface area contributed by atoms with E-state index in [-0.39, 0.29) is 6.04 Å². The fourth-order valence-corrected chi connectivity index (χ4v) is 2.92. The van der Waals surface area contributed by atoms with Crippen LogP contribution in [0.4, 0.5) is 10.8 Å². The van der Waals surface area contributed by atoms with Gasteiger partial charge >= 0.3 is 0 Å². The number of anilines is 2. The second kappa shape index (κ2) is 6.32. The van der Waals surface area contributed by atoms with Crippen LogP contribution < -0.4 is 11.1 Å². The van der Waals surface area contributed by atoms with Crippen LogP contribution in [0.1, 0.15) is 13.8 Å². The maximum absolute atomic E-state index is 5.78. The first-order valence-electron chi connectivity index (χ1n) is 5.14. The molecule has 0 aliphatic rings. The summed E-state index contributed by atoms with van der Waals surface area (Å²) >= 11 is 3.03. The molecule has 92 valence electrons. The van der Waals surface area contributed by atoms with Crippen molar-refractivity contribution in [3.63, 3.8) is 0 Å². The van der Waals surface area contributed by atoms with Gasteiger partial charge in [0, 0.05) is 7.11 Å². The Hall–Kier alpha value is -0.460. The molecule has 1 aromatic rings. The van der Waals surface area contributed by atoms with Crippen molar-refractivity contribution in [2.75, 3.05) is 31.0 Å². The number of ether oxygens (including phenoxy) is 1. The Balaban J connectivity index is 2.76. The van der Waals surface area contributed by atoms with Gasteiger partial charge in [0.25, 0.3) is 0 Å². The molecule has 1 atom stereocenters. The number of rotatable bonds is 6. The van der Waals surface area contributed by atoms with E-state index in [1.165, 1.54) is 11.5 Å². The maximum Gasteiger partial charge on any atom is 0.153 e. The van der Waals surface area contributed by atoms with E-state index in [0.29, 0.717) is 18.3 Å². The molecule has 0 spiro atoms. The number of nitrogens with two attached hydrogens (primary N) is 1. The van der Waals surface area contributed by atoms with E-state index in [4.69, 9.17) is 10.5 Å². The van der Waals surface area contributed by atoms with Crippen LogP contribution in [0.25, 0.3) is 0 Å². The zero-order valence-electron chi connectivity index (χ0n) is 10.1. The Kier molecular flexibility index (Phi) is 5.37. The smallest absolute Gasteiger partial charge is 0.153 e. The van der Waals surface area contributed by atoms with E-state index in [9.17, 15) is 0 Å². The molecular formula is C10H19N3OS2. The van der Waals surface area contributed by atoms with Crippen LogP contribution in [0.5, 0.6) is 0 Å². The summed E-state index contributed by atoms with van der Waals surface area (Å²) in [4.78, 5) is 1.03. The van der Waals surface area contributed by atoms with Gasteiger partial charge in [0.05, 0.1) is 17.5 Å². The van der Waals surface area contributed by atoms with Crippen molar-refractivity contribution in [3.8, 4) is 0 Å². The van der Waals surface area contributed by atoms with Crippen molar-refractivity contribution >= 4 is 34.1 Å². The molecule has 0 fully saturated rings. The molecule has 1 aromatic heterocycles. The lowest BCUT2D eigenvalue weighted by atomic mass is 10.1. The quantitative estimate of drug-likeness (QED) is 0.771. The molecule has 0 aliphatic carbocycles. The number of nitrogens with one attached hydrogen (secondary N) is 1. The van der Waals surface area contributed by atoms with Crippen molar-refractivity contribution < 1.29 is 4.74 Å². The Morgan fingerprint density at radius 2 is 2.25 bits per heavy atom. The third kappa shape index (κ3) is 3.26. The predicted octanol–water partition coefficient (Wildman–Crippen LogP) is 2.53. The standard InChI is InChI=1S/C10H19N3OS2/c1-6(2)7(5-14-3)12-10-8(15-4)9(11)13-16-10/h6-7,12H,5H2,1-4H3,(H2,11,13). The summed E-state index contributed by atoms with van der Waals surface area (Å²) in [6.07, 6.45) is 2.01. The minimum atomic E-state index is 0.288. The number of hydrogen-bond acceptors (Lipinski definition) is 6. The average molecular weight is 261 g/mol. The number of nitrogens with zero attached hydrogens (tertiary/aromatic N) is 1. The highest BCUT2D eigenvalue weighted by Gasteiger charge is 2.17. The number of nitrogen functional groups attached to an aromatic ring is 1. The summed E-state index contributed by atoms with van der Waals surface area (Å²) in [5.41, 5.74) is 5.78. The largest absolute Gasteiger partial charge is 0.383 e. The first-order chi connectivity index (χ1) is 7.60. The topological polar surface area (TPSA) is 60.2 Å². The van der Waals surface area contributed by atoms with Gasteiger partial charge in [-0.25, -0.2) is 0 Å². The second-order valence-electron chi connectivity index (χ2n) is 3.88. The first kappa shape index (κ1) is 13.6. The van der Waals surface area contributed by atoms with Gasteiger partial charge in [0.1, 0.15) is 5.00 Å². The zero-order chi connectivity index (χ0) is 12.1. The van der Waals surface area contributed by atoms with Crippen molar-refractivity contribution in [2.45, 2.75) is 24.8 Å². The van der Waals surface area contributed by atoms with E-state index in [2.05, 4.69) is 23.5 Å². The van der Waals surface area contributed by atoms with Crippen LogP contribution in [-0.2, 0) is 4.74 Å². The van der Waals surface area contributed by atoms with Crippen LogP contribution in [0.3, 0.4) is 0 Å². The normalized spacial score (nSPS) is 13.1. The first-order valence-corrected chi connectivity index (χ1v) is 7.14. The van der Waals surface area contributed by atoms with Gasteiger partial charge in [0.2, 0.25) is 0 Å². The minimum absolute atomic E-state index is 0.288.